The summed E-state index contributed by atoms with van der Waals surface area (Å²) in [6.07, 6.45) is 0. The van der Waals surface area contributed by atoms with E-state index in [2.05, 4.69) is 235 Å². The number of aromatic nitrogens is 4. The van der Waals surface area contributed by atoms with Gasteiger partial charge in [0.25, 0.3) is 0 Å². The predicted molar refractivity (Wildman–Crippen MR) is 287 cm³/mol. The molecule has 5 heteroatoms. The Balaban J connectivity index is 1.07. The molecule has 0 aliphatic heterocycles. The number of benzene rings is 11. The minimum atomic E-state index is 0.611. The zero-order valence-electron chi connectivity index (χ0n) is 36.6. The van der Waals surface area contributed by atoms with Gasteiger partial charge in [-0.15, -0.1) is 11.3 Å². The number of rotatable bonds is 6. The van der Waals surface area contributed by atoms with E-state index in [1.807, 2.05) is 11.3 Å². The minimum Gasteiger partial charge on any atom is -0.309 e. The first kappa shape index (κ1) is 38.5. The fraction of sp³-hybridized carbons (Fsp3) is 0. The first-order chi connectivity index (χ1) is 33.7. The fourth-order valence-electron chi connectivity index (χ4n) is 10.5. The standard InChI is InChI=1S/C63H38N4S/c1-2-15-41(16-3-1)48-26-14-29-56-60(48)54-35-42-19-4-5-20-43(42)38-57(54)67(56)55-33-31-45(37-52(55)44-32-34-59-53(36-44)49-25-10-11-30-58(49)68-59)61-64-62(50-27-12-21-39-17-6-8-23-46(39)50)66-63(65-61)51-28-13-22-40-18-7-9-24-47(40)51/h1-38H. The van der Waals surface area contributed by atoms with Crippen LogP contribution in [0.15, 0.2) is 231 Å². The summed E-state index contributed by atoms with van der Waals surface area (Å²) in [7, 11) is 0. The zero-order chi connectivity index (χ0) is 44.7. The molecule has 3 heterocycles. The van der Waals surface area contributed by atoms with Gasteiger partial charge in [-0.2, -0.15) is 0 Å². The van der Waals surface area contributed by atoms with Crippen LogP contribution in [0.4, 0.5) is 0 Å². The summed E-state index contributed by atoms with van der Waals surface area (Å²) in [4.78, 5) is 16.1. The molecule has 0 radical (unpaired) electrons. The molecular formula is C63H38N4S. The topological polar surface area (TPSA) is 43.6 Å². The Hall–Kier alpha value is -8.77. The number of hydrogen-bond acceptors (Lipinski definition) is 4. The Morgan fingerprint density at radius 3 is 1.59 bits per heavy atom. The van der Waals surface area contributed by atoms with Gasteiger partial charge in [-0.1, -0.05) is 176 Å². The molecule has 0 fully saturated rings. The predicted octanol–water partition coefficient (Wildman–Crippen LogP) is 17.1. The molecule has 0 saturated carbocycles. The van der Waals surface area contributed by atoms with Crippen molar-refractivity contribution in [1.29, 1.82) is 0 Å². The van der Waals surface area contributed by atoms with Gasteiger partial charge in [0.2, 0.25) is 0 Å². The third-order valence-electron chi connectivity index (χ3n) is 13.6. The van der Waals surface area contributed by atoms with E-state index in [0.717, 1.165) is 66.1 Å². The van der Waals surface area contributed by atoms with E-state index in [4.69, 9.17) is 15.0 Å². The lowest BCUT2D eigenvalue weighted by Crippen LogP contribution is -2.02. The lowest BCUT2D eigenvalue weighted by Gasteiger charge is -2.17. The van der Waals surface area contributed by atoms with Crippen molar-refractivity contribution in [3.63, 3.8) is 0 Å². The lowest BCUT2D eigenvalue weighted by atomic mass is 9.98. The highest BCUT2D eigenvalue weighted by atomic mass is 32.1. The van der Waals surface area contributed by atoms with Crippen molar-refractivity contribution in [3.05, 3.63) is 231 Å². The van der Waals surface area contributed by atoms with Crippen molar-refractivity contribution in [2.24, 2.45) is 0 Å². The van der Waals surface area contributed by atoms with Gasteiger partial charge >= 0.3 is 0 Å². The molecule has 0 bridgehead atoms. The Morgan fingerprint density at radius 1 is 0.294 bits per heavy atom. The van der Waals surface area contributed by atoms with Crippen LogP contribution < -0.4 is 0 Å². The van der Waals surface area contributed by atoms with Crippen LogP contribution in [0, 0.1) is 0 Å². The number of nitrogens with zero attached hydrogens (tertiary/aromatic N) is 4. The molecule has 14 rings (SSSR count). The van der Waals surface area contributed by atoms with E-state index in [9.17, 15) is 0 Å². The molecule has 68 heavy (non-hydrogen) atoms. The Kier molecular flexibility index (Phi) is 8.73. The second-order valence-corrected chi connectivity index (χ2v) is 18.6. The quantitative estimate of drug-likeness (QED) is 0.167. The maximum absolute atomic E-state index is 5.39. The van der Waals surface area contributed by atoms with Gasteiger partial charge in [0.05, 0.1) is 16.7 Å². The van der Waals surface area contributed by atoms with Crippen LogP contribution in [0.1, 0.15) is 0 Å². The first-order valence-electron chi connectivity index (χ1n) is 23.0. The van der Waals surface area contributed by atoms with Crippen LogP contribution >= 0.6 is 11.3 Å². The molecule has 316 valence electrons. The minimum absolute atomic E-state index is 0.611. The van der Waals surface area contributed by atoms with Crippen molar-refractivity contribution < 1.29 is 0 Å². The van der Waals surface area contributed by atoms with E-state index in [1.165, 1.54) is 52.8 Å². The molecule has 0 amide bonds. The van der Waals surface area contributed by atoms with Crippen LogP contribution in [0.2, 0.25) is 0 Å². The normalized spacial score (nSPS) is 11.8. The Morgan fingerprint density at radius 2 is 0.853 bits per heavy atom. The van der Waals surface area contributed by atoms with Crippen molar-refractivity contribution >= 4 is 85.6 Å². The van der Waals surface area contributed by atoms with Crippen LogP contribution in [-0.2, 0) is 0 Å². The highest BCUT2D eigenvalue weighted by Gasteiger charge is 2.22. The van der Waals surface area contributed by atoms with Crippen molar-refractivity contribution in [2.45, 2.75) is 0 Å². The van der Waals surface area contributed by atoms with Gasteiger partial charge in [0, 0.05) is 53.2 Å². The number of hydrogen-bond donors (Lipinski definition) is 0. The maximum atomic E-state index is 5.39. The second kappa shape index (κ2) is 15.4. The van der Waals surface area contributed by atoms with Crippen LogP contribution in [0.3, 0.4) is 0 Å². The van der Waals surface area contributed by atoms with Crippen LogP contribution in [0.5, 0.6) is 0 Å². The molecule has 11 aromatic carbocycles. The molecule has 0 unspecified atom stereocenters. The number of fused-ring (bicyclic) bond motifs is 9. The highest BCUT2D eigenvalue weighted by Crippen LogP contribution is 2.44. The summed E-state index contributed by atoms with van der Waals surface area (Å²) in [6, 6.07) is 83.1. The summed E-state index contributed by atoms with van der Waals surface area (Å²) in [5, 5.41) is 11.8. The van der Waals surface area contributed by atoms with Gasteiger partial charge in [-0.3, -0.25) is 0 Å². The molecule has 0 aliphatic carbocycles. The summed E-state index contributed by atoms with van der Waals surface area (Å²) >= 11 is 1.84. The van der Waals surface area contributed by atoms with Gasteiger partial charge in [-0.25, -0.2) is 15.0 Å². The Bertz CT molecular complexity index is 4230. The van der Waals surface area contributed by atoms with Crippen molar-refractivity contribution in [3.8, 4) is 62.1 Å². The van der Waals surface area contributed by atoms with E-state index < -0.39 is 0 Å². The van der Waals surface area contributed by atoms with Gasteiger partial charge in [0.1, 0.15) is 0 Å². The van der Waals surface area contributed by atoms with E-state index in [0.29, 0.717) is 17.5 Å². The molecule has 0 saturated heterocycles. The smallest absolute Gasteiger partial charge is 0.164 e. The van der Waals surface area contributed by atoms with E-state index >= 15 is 0 Å². The second-order valence-electron chi connectivity index (χ2n) is 17.5. The van der Waals surface area contributed by atoms with Crippen LogP contribution in [-0.4, -0.2) is 19.5 Å². The van der Waals surface area contributed by atoms with Crippen molar-refractivity contribution in [1.82, 2.24) is 19.5 Å². The summed E-state index contributed by atoms with van der Waals surface area (Å²) in [5.41, 5.74) is 10.8. The third kappa shape index (κ3) is 6.17. The summed E-state index contributed by atoms with van der Waals surface area (Å²) in [6.45, 7) is 0. The fourth-order valence-corrected chi connectivity index (χ4v) is 11.5. The van der Waals surface area contributed by atoms with E-state index in [1.54, 1.807) is 0 Å². The van der Waals surface area contributed by atoms with Crippen LogP contribution in [0.25, 0.3) is 136 Å². The summed E-state index contributed by atoms with van der Waals surface area (Å²) in [5.74, 6) is 1.88. The molecule has 14 aromatic rings. The third-order valence-corrected chi connectivity index (χ3v) is 14.8. The SMILES string of the molecule is c1ccc(-c2cccc3c2c2cc4ccccc4cc2n3-c2ccc(-c3nc(-c4cccc5ccccc45)nc(-c4cccc5ccccc45)n3)cc2-c2ccc3sc4ccccc4c3c2)cc1. The number of thiophene rings is 1. The summed E-state index contributed by atoms with van der Waals surface area (Å²) < 4.78 is 5.03. The maximum Gasteiger partial charge on any atom is 0.164 e. The average molecular weight is 883 g/mol. The lowest BCUT2D eigenvalue weighted by molar-refractivity contribution is 1.08. The molecule has 0 atom stereocenters. The zero-order valence-corrected chi connectivity index (χ0v) is 37.5. The molecule has 3 aromatic heterocycles. The van der Waals surface area contributed by atoms with Gasteiger partial charge in [0.15, 0.2) is 17.5 Å². The average Bonchev–Trinajstić information content (AvgIpc) is 3.94. The van der Waals surface area contributed by atoms with Gasteiger partial charge < -0.3 is 4.57 Å². The van der Waals surface area contributed by atoms with Crippen molar-refractivity contribution in [2.75, 3.05) is 0 Å². The first-order valence-corrected chi connectivity index (χ1v) is 23.8. The molecule has 0 aliphatic rings. The monoisotopic (exact) mass is 882 g/mol. The largest absolute Gasteiger partial charge is 0.309 e. The molecule has 0 spiro atoms. The molecule has 0 N–H and O–H groups in total. The molecule has 4 nitrogen and oxygen atoms in total. The van der Waals surface area contributed by atoms with E-state index in [-0.39, 0.29) is 0 Å². The molecular weight excluding hydrogens is 845 g/mol. The Labute approximate surface area is 395 Å². The highest BCUT2D eigenvalue weighted by molar-refractivity contribution is 7.25. The van der Waals surface area contributed by atoms with Gasteiger partial charge in [-0.05, 0) is 104 Å².